The average Bonchev–Trinajstić information content (AvgIpc) is 3.62. The molecule has 10 heteroatoms. The van der Waals surface area contributed by atoms with Crippen LogP contribution in [-0.2, 0) is 4.74 Å². The molecule has 1 amide bonds. The van der Waals surface area contributed by atoms with Crippen LogP contribution in [0.4, 0.5) is 4.39 Å². The van der Waals surface area contributed by atoms with E-state index < -0.39 is 5.82 Å². The number of nitrogens with one attached hydrogen (secondary N) is 1. The minimum Gasteiger partial charge on any atom is -0.488 e. The number of halogens is 1. The summed E-state index contributed by atoms with van der Waals surface area (Å²) in [6.45, 7) is 4.35. The van der Waals surface area contributed by atoms with Crippen LogP contribution in [0.1, 0.15) is 16.8 Å². The van der Waals surface area contributed by atoms with E-state index in [-0.39, 0.29) is 23.7 Å². The first-order valence-electron chi connectivity index (χ1n) is 12.3. The number of likely N-dealkylation sites (tertiary alicyclic amines) is 2. The molecular formula is C27H28FN5O4. The first-order chi connectivity index (χ1) is 17.9. The third kappa shape index (κ3) is 4.36. The van der Waals surface area contributed by atoms with E-state index in [1.807, 2.05) is 29.2 Å². The monoisotopic (exact) mass is 505 g/mol. The SMILES string of the molecule is COCCOc1cc2[nH]nc(-c3cc(-c4ccc(C(=O)N5CCC6(CN(C)C6)C5)cc4)no3)c2cc1F. The average molecular weight is 506 g/mol. The molecule has 2 saturated heterocycles. The lowest BCUT2D eigenvalue weighted by Gasteiger charge is -2.46. The Morgan fingerprint density at radius 1 is 1.16 bits per heavy atom. The van der Waals surface area contributed by atoms with Gasteiger partial charge in [0.1, 0.15) is 18.0 Å². The first-order valence-corrected chi connectivity index (χ1v) is 12.3. The maximum atomic E-state index is 14.6. The van der Waals surface area contributed by atoms with Crippen molar-refractivity contribution in [2.75, 3.05) is 53.6 Å². The third-order valence-electron chi connectivity index (χ3n) is 7.27. The minimum atomic E-state index is -0.500. The summed E-state index contributed by atoms with van der Waals surface area (Å²) in [6.07, 6.45) is 1.07. The Bertz CT molecular complexity index is 1440. The fourth-order valence-electron chi connectivity index (χ4n) is 5.51. The number of ether oxygens (including phenoxy) is 2. The second-order valence-electron chi connectivity index (χ2n) is 10.0. The predicted octanol–water partition coefficient (Wildman–Crippen LogP) is 3.83. The highest BCUT2D eigenvalue weighted by atomic mass is 19.1. The van der Waals surface area contributed by atoms with E-state index >= 15 is 0 Å². The van der Waals surface area contributed by atoms with E-state index in [9.17, 15) is 9.18 Å². The molecule has 2 fully saturated rings. The van der Waals surface area contributed by atoms with Crippen molar-refractivity contribution in [1.29, 1.82) is 0 Å². The maximum absolute atomic E-state index is 14.6. The Hall–Kier alpha value is -3.76. The van der Waals surface area contributed by atoms with Crippen LogP contribution in [-0.4, -0.2) is 84.6 Å². The summed E-state index contributed by atoms with van der Waals surface area (Å²) in [5.74, 6) is 0.0901. The topological polar surface area (TPSA) is 96.7 Å². The Balaban J connectivity index is 1.17. The lowest BCUT2D eigenvalue weighted by atomic mass is 9.79. The normalized spacial score (nSPS) is 17.0. The molecule has 192 valence electrons. The van der Waals surface area contributed by atoms with Gasteiger partial charge in [-0.2, -0.15) is 5.10 Å². The fourth-order valence-corrected chi connectivity index (χ4v) is 5.51. The predicted molar refractivity (Wildman–Crippen MR) is 135 cm³/mol. The number of benzene rings is 2. The van der Waals surface area contributed by atoms with Crippen LogP contribution in [0.15, 0.2) is 47.0 Å². The number of rotatable bonds is 7. The summed E-state index contributed by atoms with van der Waals surface area (Å²) >= 11 is 0. The van der Waals surface area contributed by atoms with Gasteiger partial charge in [0.25, 0.3) is 5.91 Å². The highest BCUT2D eigenvalue weighted by Crippen LogP contribution is 2.39. The van der Waals surface area contributed by atoms with Crippen LogP contribution in [0.3, 0.4) is 0 Å². The van der Waals surface area contributed by atoms with Crippen molar-refractivity contribution < 1.29 is 23.2 Å². The Morgan fingerprint density at radius 3 is 2.73 bits per heavy atom. The minimum absolute atomic E-state index is 0.0643. The van der Waals surface area contributed by atoms with Gasteiger partial charge in [0.2, 0.25) is 0 Å². The van der Waals surface area contributed by atoms with Crippen molar-refractivity contribution in [3.05, 3.63) is 53.8 Å². The van der Waals surface area contributed by atoms with Gasteiger partial charge in [-0.15, -0.1) is 0 Å². The van der Waals surface area contributed by atoms with Crippen molar-refractivity contribution in [2.24, 2.45) is 5.41 Å². The summed E-state index contributed by atoms with van der Waals surface area (Å²) < 4.78 is 30.5. The number of carbonyl (C=O) groups excluding carboxylic acids is 1. The van der Waals surface area contributed by atoms with E-state index in [0.717, 1.165) is 38.2 Å². The molecule has 0 bridgehead atoms. The van der Waals surface area contributed by atoms with Crippen LogP contribution < -0.4 is 4.74 Å². The molecule has 2 aliphatic heterocycles. The lowest BCUT2D eigenvalue weighted by Crippen LogP contribution is -2.55. The fraction of sp³-hybridized carbons (Fsp3) is 0.370. The zero-order valence-corrected chi connectivity index (χ0v) is 20.8. The second kappa shape index (κ2) is 9.28. The lowest BCUT2D eigenvalue weighted by molar-refractivity contribution is 0.0294. The molecule has 0 unspecified atom stereocenters. The first kappa shape index (κ1) is 23.6. The van der Waals surface area contributed by atoms with Gasteiger partial charge in [-0.25, -0.2) is 4.39 Å². The van der Waals surface area contributed by atoms with Crippen molar-refractivity contribution in [2.45, 2.75) is 6.42 Å². The van der Waals surface area contributed by atoms with E-state index in [1.165, 1.54) is 6.07 Å². The molecule has 2 aromatic heterocycles. The smallest absolute Gasteiger partial charge is 0.253 e. The number of hydrogen-bond donors (Lipinski definition) is 1. The molecule has 4 aromatic rings. The summed E-state index contributed by atoms with van der Waals surface area (Å²) in [5.41, 5.74) is 3.41. The molecule has 0 atom stereocenters. The number of hydrogen-bond acceptors (Lipinski definition) is 7. The van der Waals surface area contributed by atoms with Crippen molar-refractivity contribution in [3.8, 4) is 28.5 Å². The Labute approximate surface area is 213 Å². The quantitative estimate of drug-likeness (QED) is 0.382. The molecule has 0 aliphatic carbocycles. The van der Waals surface area contributed by atoms with Crippen LogP contribution in [0.5, 0.6) is 5.75 Å². The van der Waals surface area contributed by atoms with Crippen LogP contribution in [0.25, 0.3) is 33.6 Å². The summed E-state index contributed by atoms with van der Waals surface area (Å²) in [7, 11) is 3.67. The highest BCUT2D eigenvalue weighted by molar-refractivity contribution is 5.95. The Kier molecular flexibility index (Phi) is 5.92. The zero-order chi connectivity index (χ0) is 25.6. The molecule has 0 radical (unpaired) electrons. The second-order valence-corrected chi connectivity index (χ2v) is 10.0. The van der Waals surface area contributed by atoms with Gasteiger partial charge in [-0.1, -0.05) is 17.3 Å². The number of nitrogens with zero attached hydrogens (tertiary/aromatic N) is 4. The molecule has 0 saturated carbocycles. The number of aromatic amines is 1. The standard InChI is InChI=1S/C27H28FN5O4/c1-32-14-27(15-32)7-8-33(16-27)26(34)18-5-3-17(4-6-18)21-12-24(37-31-21)25-19-11-20(28)23(36-10-9-35-2)13-22(19)29-30-25/h3-6,11-13H,7-10,14-16H2,1-2H3,(H,29,30). The Morgan fingerprint density at radius 2 is 1.97 bits per heavy atom. The van der Waals surface area contributed by atoms with Gasteiger partial charge in [0.05, 0.1) is 12.1 Å². The molecule has 37 heavy (non-hydrogen) atoms. The number of aromatic nitrogens is 3. The molecule has 1 spiro atoms. The summed E-state index contributed by atoms with van der Waals surface area (Å²) in [6, 6.07) is 12.1. The van der Waals surface area contributed by atoms with E-state index in [2.05, 4.69) is 27.3 Å². The van der Waals surface area contributed by atoms with Crippen molar-refractivity contribution in [3.63, 3.8) is 0 Å². The number of H-pyrrole nitrogens is 1. The number of methoxy groups -OCH3 is 1. The van der Waals surface area contributed by atoms with Gasteiger partial charge < -0.3 is 23.8 Å². The largest absolute Gasteiger partial charge is 0.488 e. The van der Waals surface area contributed by atoms with Gasteiger partial charge >= 0.3 is 0 Å². The molecule has 9 nitrogen and oxygen atoms in total. The molecule has 1 N–H and O–H groups in total. The molecular weight excluding hydrogens is 477 g/mol. The zero-order valence-electron chi connectivity index (χ0n) is 20.8. The van der Waals surface area contributed by atoms with Gasteiger partial charge in [0, 0.05) is 67.3 Å². The molecule has 4 heterocycles. The van der Waals surface area contributed by atoms with E-state index in [0.29, 0.717) is 40.2 Å². The van der Waals surface area contributed by atoms with E-state index in [4.69, 9.17) is 14.0 Å². The number of carbonyl (C=O) groups is 1. The van der Waals surface area contributed by atoms with Gasteiger partial charge in [0.15, 0.2) is 17.3 Å². The highest BCUT2D eigenvalue weighted by Gasteiger charge is 2.47. The van der Waals surface area contributed by atoms with E-state index in [1.54, 1.807) is 19.2 Å². The van der Waals surface area contributed by atoms with Crippen LogP contribution in [0, 0.1) is 11.2 Å². The molecule has 2 aromatic carbocycles. The maximum Gasteiger partial charge on any atom is 0.253 e. The summed E-state index contributed by atoms with van der Waals surface area (Å²) in [4.78, 5) is 17.3. The van der Waals surface area contributed by atoms with Crippen LogP contribution in [0.2, 0.25) is 0 Å². The summed E-state index contributed by atoms with van der Waals surface area (Å²) in [5, 5.41) is 11.9. The van der Waals surface area contributed by atoms with Crippen molar-refractivity contribution >= 4 is 16.8 Å². The van der Waals surface area contributed by atoms with Crippen LogP contribution >= 0.6 is 0 Å². The number of amides is 1. The molecule has 2 aliphatic rings. The van der Waals surface area contributed by atoms with Gasteiger partial charge in [-0.05, 0) is 31.7 Å². The molecule has 6 rings (SSSR count). The third-order valence-corrected chi connectivity index (χ3v) is 7.27. The number of fused-ring (bicyclic) bond motifs is 1. The van der Waals surface area contributed by atoms with Gasteiger partial charge in [-0.3, -0.25) is 9.89 Å². The van der Waals surface area contributed by atoms with Crippen molar-refractivity contribution in [1.82, 2.24) is 25.2 Å².